The molecule has 3 heteroatoms. The molecule has 1 aromatic carbocycles. The molecule has 1 saturated carbocycles. The number of benzene rings is 1. The molecule has 2 nitrogen and oxygen atoms in total. The van der Waals surface area contributed by atoms with Crippen LogP contribution in [0.1, 0.15) is 82.9 Å². The number of hydrogen-bond acceptors (Lipinski definition) is 2. The lowest BCUT2D eigenvalue weighted by Crippen LogP contribution is -2.15. The highest BCUT2D eigenvalue weighted by Gasteiger charge is 2.20. The molecule has 3 rings (SSSR count). The summed E-state index contributed by atoms with van der Waals surface area (Å²) in [5, 5.41) is 8.59. The quantitative estimate of drug-likeness (QED) is 0.459. The van der Waals surface area contributed by atoms with E-state index in [1.165, 1.54) is 38.5 Å². The summed E-state index contributed by atoms with van der Waals surface area (Å²) in [5.74, 6) is 1.61. The summed E-state index contributed by atoms with van der Waals surface area (Å²) in [6, 6.07) is 9.54. The van der Waals surface area contributed by atoms with Gasteiger partial charge in [0, 0.05) is 5.56 Å². The topological polar surface area (TPSA) is 25.8 Å². The lowest BCUT2D eigenvalue weighted by Gasteiger charge is -2.28. The van der Waals surface area contributed by atoms with Crippen molar-refractivity contribution in [2.75, 3.05) is 0 Å². The molecule has 1 heterocycles. The van der Waals surface area contributed by atoms with Crippen molar-refractivity contribution in [3.8, 4) is 11.3 Å². The molecule has 1 aliphatic carbocycles. The third-order valence-corrected chi connectivity index (χ3v) is 6.34. The number of nitrogens with zero attached hydrogens (tertiary/aromatic N) is 2. The van der Waals surface area contributed by atoms with Gasteiger partial charge in [0.05, 0.1) is 11.4 Å². The normalized spacial score (nSPS) is 19.7. The highest BCUT2D eigenvalue weighted by Crippen LogP contribution is 2.34. The summed E-state index contributed by atoms with van der Waals surface area (Å²) in [6.07, 6.45) is 13.3. The zero-order valence-electron chi connectivity index (χ0n) is 17.6. The zero-order chi connectivity index (χ0) is 19.8. The van der Waals surface area contributed by atoms with Gasteiger partial charge in [-0.25, -0.2) is 4.39 Å². The molecule has 0 radical (unpaired) electrons. The Hall–Kier alpha value is -1.77. The Balaban J connectivity index is 1.54. The van der Waals surface area contributed by atoms with Crippen LogP contribution in [0, 0.1) is 17.7 Å². The van der Waals surface area contributed by atoms with E-state index in [0.29, 0.717) is 0 Å². The van der Waals surface area contributed by atoms with Crippen LogP contribution in [0.3, 0.4) is 0 Å². The van der Waals surface area contributed by atoms with Gasteiger partial charge in [-0.05, 0) is 61.3 Å². The third-order valence-electron chi connectivity index (χ3n) is 6.34. The fourth-order valence-corrected chi connectivity index (χ4v) is 4.49. The van der Waals surface area contributed by atoms with E-state index >= 15 is 0 Å². The summed E-state index contributed by atoms with van der Waals surface area (Å²) < 4.78 is 14.7. The van der Waals surface area contributed by atoms with Gasteiger partial charge >= 0.3 is 0 Å². The number of rotatable bonds is 9. The number of hydrogen-bond donors (Lipinski definition) is 0. The standard InChI is InChI=1S/C25H35FN2/c1-3-5-7-23-16-17-25(28-27-23)22-15-14-21(24(26)18-22)13-12-20-10-8-19(6-4-2)9-11-20/h14-20H,3-13H2,1-2H3. The largest absolute Gasteiger partial charge is 0.207 e. The maximum absolute atomic E-state index is 14.7. The first-order valence-electron chi connectivity index (χ1n) is 11.3. The fourth-order valence-electron chi connectivity index (χ4n) is 4.49. The van der Waals surface area contributed by atoms with Crippen LogP contribution in [0.25, 0.3) is 11.3 Å². The first-order chi connectivity index (χ1) is 13.7. The molecule has 1 aliphatic rings. The minimum atomic E-state index is -0.103. The summed E-state index contributed by atoms with van der Waals surface area (Å²) in [7, 11) is 0. The van der Waals surface area contributed by atoms with Crippen LogP contribution in [0.5, 0.6) is 0 Å². The van der Waals surface area contributed by atoms with Crippen LogP contribution in [-0.4, -0.2) is 10.2 Å². The SMILES string of the molecule is CCCCc1ccc(-c2ccc(CCC3CCC(CCC)CC3)c(F)c2)nn1. The molecule has 0 unspecified atom stereocenters. The Morgan fingerprint density at radius 3 is 2.21 bits per heavy atom. The Kier molecular flexibility index (Phi) is 8.00. The van der Waals surface area contributed by atoms with Crippen molar-refractivity contribution in [3.05, 3.63) is 47.4 Å². The summed E-state index contributed by atoms with van der Waals surface area (Å²) in [5.41, 5.74) is 3.42. The van der Waals surface area contributed by atoms with Crippen LogP contribution in [-0.2, 0) is 12.8 Å². The predicted molar refractivity (Wildman–Crippen MR) is 115 cm³/mol. The van der Waals surface area contributed by atoms with E-state index in [2.05, 4.69) is 24.0 Å². The summed E-state index contributed by atoms with van der Waals surface area (Å²) in [6.45, 7) is 4.45. The second-order valence-corrected chi connectivity index (χ2v) is 8.53. The predicted octanol–water partition coefficient (Wildman–Crippen LogP) is 7.16. The Morgan fingerprint density at radius 1 is 0.857 bits per heavy atom. The molecular formula is C25H35FN2. The van der Waals surface area contributed by atoms with E-state index in [4.69, 9.17) is 0 Å². The first kappa shape index (κ1) is 21.0. The molecule has 0 spiro atoms. The summed E-state index contributed by atoms with van der Waals surface area (Å²) in [4.78, 5) is 0. The van der Waals surface area contributed by atoms with Gasteiger partial charge in [-0.3, -0.25) is 0 Å². The van der Waals surface area contributed by atoms with Crippen molar-refractivity contribution in [1.82, 2.24) is 10.2 Å². The van der Waals surface area contributed by atoms with Crippen molar-refractivity contribution in [2.24, 2.45) is 11.8 Å². The van der Waals surface area contributed by atoms with Crippen molar-refractivity contribution in [1.29, 1.82) is 0 Å². The van der Waals surface area contributed by atoms with Gasteiger partial charge in [-0.15, -0.1) is 0 Å². The second kappa shape index (κ2) is 10.7. The molecule has 1 fully saturated rings. The van der Waals surface area contributed by atoms with Gasteiger partial charge in [-0.2, -0.15) is 10.2 Å². The van der Waals surface area contributed by atoms with Gasteiger partial charge < -0.3 is 0 Å². The molecule has 152 valence electrons. The summed E-state index contributed by atoms with van der Waals surface area (Å²) >= 11 is 0. The number of aryl methyl sites for hydroxylation is 2. The molecule has 2 aromatic rings. The molecule has 0 aliphatic heterocycles. The van der Waals surface area contributed by atoms with Gasteiger partial charge in [0.15, 0.2) is 0 Å². The first-order valence-corrected chi connectivity index (χ1v) is 11.3. The third kappa shape index (κ3) is 5.86. The van der Waals surface area contributed by atoms with Gasteiger partial charge in [0.25, 0.3) is 0 Å². The highest BCUT2D eigenvalue weighted by atomic mass is 19.1. The minimum Gasteiger partial charge on any atom is -0.207 e. The molecule has 1 aromatic heterocycles. The lowest BCUT2D eigenvalue weighted by atomic mass is 9.78. The van der Waals surface area contributed by atoms with Crippen LogP contribution in [0.15, 0.2) is 30.3 Å². The molecule has 0 amide bonds. The van der Waals surface area contributed by atoms with Crippen molar-refractivity contribution in [3.63, 3.8) is 0 Å². The second-order valence-electron chi connectivity index (χ2n) is 8.53. The average molecular weight is 383 g/mol. The van der Waals surface area contributed by atoms with Crippen molar-refractivity contribution in [2.45, 2.75) is 84.5 Å². The van der Waals surface area contributed by atoms with Crippen molar-refractivity contribution < 1.29 is 4.39 Å². The molecule has 0 N–H and O–H groups in total. The van der Waals surface area contributed by atoms with Crippen LogP contribution in [0.4, 0.5) is 4.39 Å². The smallest absolute Gasteiger partial charge is 0.127 e. The Labute approximate surface area is 170 Å². The lowest BCUT2D eigenvalue weighted by molar-refractivity contribution is 0.252. The molecular weight excluding hydrogens is 347 g/mol. The molecule has 0 bridgehead atoms. The minimum absolute atomic E-state index is 0.103. The van der Waals surface area contributed by atoms with Gasteiger partial charge in [0.1, 0.15) is 5.82 Å². The maximum Gasteiger partial charge on any atom is 0.127 e. The van der Waals surface area contributed by atoms with E-state index in [1.807, 2.05) is 24.3 Å². The van der Waals surface area contributed by atoms with Crippen LogP contribution < -0.4 is 0 Å². The van der Waals surface area contributed by atoms with E-state index < -0.39 is 0 Å². The fraction of sp³-hybridized carbons (Fsp3) is 0.600. The van der Waals surface area contributed by atoms with Crippen molar-refractivity contribution >= 4 is 0 Å². The highest BCUT2D eigenvalue weighted by molar-refractivity contribution is 5.59. The Bertz CT molecular complexity index is 718. The van der Waals surface area contributed by atoms with E-state index in [-0.39, 0.29) is 5.82 Å². The van der Waals surface area contributed by atoms with Gasteiger partial charge in [0.2, 0.25) is 0 Å². The van der Waals surface area contributed by atoms with E-state index in [0.717, 1.165) is 66.5 Å². The van der Waals surface area contributed by atoms with Crippen LogP contribution >= 0.6 is 0 Å². The van der Waals surface area contributed by atoms with E-state index in [9.17, 15) is 4.39 Å². The molecule has 0 atom stereocenters. The average Bonchev–Trinajstić information content (AvgIpc) is 2.73. The monoisotopic (exact) mass is 382 g/mol. The Morgan fingerprint density at radius 2 is 1.61 bits per heavy atom. The van der Waals surface area contributed by atoms with Crippen LogP contribution in [0.2, 0.25) is 0 Å². The number of halogens is 1. The number of aromatic nitrogens is 2. The maximum atomic E-state index is 14.7. The molecule has 28 heavy (non-hydrogen) atoms. The molecule has 0 saturated heterocycles. The van der Waals surface area contributed by atoms with E-state index in [1.54, 1.807) is 6.07 Å². The van der Waals surface area contributed by atoms with Gasteiger partial charge in [-0.1, -0.05) is 70.9 Å². The zero-order valence-corrected chi connectivity index (χ0v) is 17.6. The number of unbranched alkanes of at least 4 members (excludes halogenated alkanes) is 1.